The van der Waals surface area contributed by atoms with Crippen LogP contribution in [0, 0.1) is 5.92 Å². The van der Waals surface area contributed by atoms with Crippen LogP contribution >= 0.6 is 0 Å². The smallest absolute Gasteiger partial charge is 0.0470 e. The monoisotopic (exact) mass is 275 g/mol. The second-order valence-corrected chi connectivity index (χ2v) is 6.31. The molecule has 0 spiro atoms. The molecule has 2 rings (SSSR count). The normalized spacial score (nSPS) is 22.3. The van der Waals surface area contributed by atoms with Gasteiger partial charge in [-0.1, -0.05) is 19.1 Å². The number of hydrogen-bond donors (Lipinski definition) is 1. The van der Waals surface area contributed by atoms with Crippen molar-refractivity contribution < 1.29 is 0 Å². The summed E-state index contributed by atoms with van der Waals surface area (Å²) in [7, 11) is 4.15. The van der Waals surface area contributed by atoms with Gasteiger partial charge < -0.3 is 10.6 Å². The molecule has 1 fully saturated rings. The number of hydrogen-bond acceptors (Lipinski definition) is 3. The van der Waals surface area contributed by atoms with Crippen LogP contribution in [-0.2, 0) is 0 Å². The van der Waals surface area contributed by atoms with E-state index in [0.717, 1.165) is 5.92 Å². The maximum Gasteiger partial charge on any atom is 0.0470 e. The second kappa shape index (κ2) is 7.09. The van der Waals surface area contributed by atoms with Gasteiger partial charge in [-0.15, -0.1) is 0 Å². The van der Waals surface area contributed by atoms with E-state index >= 15 is 0 Å². The van der Waals surface area contributed by atoms with Crippen molar-refractivity contribution in [1.29, 1.82) is 0 Å². The van der Waals surface area contributed by atoms with Crippen LogP contribution in [-0.4, -0.2) is 38.6 Å². The minimum Gasteiger partial charge on any atom is -0.378 e. The molecule has 3 heteroatoms. The fourth-order valence-corrected chi connectivity index (χ4v) is 3.09. The minimum atomic E-state index is 0.372. The lowest BCUT2D eigenvalue weighted by atomic mass is 10.0. The van der Waals surface area contributed by atoms with Gasteiger partial charge in [-0.25, -0.2) is 0 Å². The standard InChI is InChI=1S/C17H29N3/c1-14-5-4-11-20(12-10-14)17(13-18)15-6-8-16(9-7-15)19(2)3/h6-9,14,17H,4-5,10-13,18H2,1-3H3. The van der Waals surface area contributed by atoms with E-state index < -0.39 is 0 Å². The van der Waals surface area contributed by atoms with Gasteiger partial charge in [0.15, 0.2) is 0 Å². The van der Waals surface area contributed by atoms with Crippen molar-refractivity contribution in [2.24, 2.45) is 11.7 Å². The number of anilines is 1. The lowest BCUT2D eigenvalue weighted by Gasteiger charge is -2.30. The molecule has 2 unspecified atom stereocenters. The second-order valence-electron chi connectivity index (χ2n) is 6.31. The van der Waals surface area contributed by atoms with Crippen molar-refractivity contribution in [3.05, 3.63) is 29.8 Å². The van der Waals surface area contributed by atoms with Gasteiger partial charge in [0.05, 0.1) is 0 Å². The Balaban J connectivity index is 2.10. The quantitative estimate of drug-likeness (QED) is 0.917. The SMILES string of the molecule is CC1CCCN(C(CN)c2ccc(N(C)C)cc2)CC1. The molecule has 1 heterocycles. The summed E-state index contributed by atoms with van der Waals surface area (Å²) >= 11 is 0. The Bertz CT molecular complexity index is 399. The summed E-state index contributed by atoms with van der Waals surface area (Å²) in [5, 5.41) is 0. The van der Waals surface area contributed by atoms with Crippen molar-refractivity contribution in [1.82, 2.24) is 4.90 Å². The van der Waals surface area contributed by atoms with E-state index in [1.807, 2.05) is 0 Å². The molecule has 1 aliphatic rings. The molecular weight excluding hydrogens is 246 g/mol. The van der Waals surface area contributed by atoms with Crippen LogP contribution in [0.25, 0.3) is 0 Å². The average molecular weight is 275 g/mol. The van der Waals surface area contributed by atoms with Crippen molar-refractivity contribution in [3.8, 4) is 0 Å². The molecule has 0 amide bonds. The Morgan fingerprint density at radius 2 is 1.90 bits per heavy atom. The Hall–Kier alpha value is -1.06. The first kappa shape index (κ1) is 15.3. The van der Waals surface area contributed by atoms with Crippen molar-refractivity contribution in [2.75, 3.05) is 38.6 Å². The van der Waals surface area contributed by atoms with E-state index in [-0.39, 0.29) is 0 Å². The molecule has 0 saturated carbocycles. The minimum absolute atomic E-state index is 0.372. The van der Waals surface area contributed by atoms with Crippen molar-refractivity contribution in [2.45, 2.75) is 32.2 Å². The predicted octanol–water partition coefficient (Wildman–Crippen LogP) is 2.87. The molecule has 2 atom stereocenters. The van der Waals surface area contributed by atoms with E-state index in [1.54, 1.807) is 0 Å². The van der Waals surface area contributed by atoms with Gasteiger partial charge in [0.25, 0.3) is 0 Å². The first-order chi connectivity index (χ1) is 9.61. The van der Waals surface area contributed by atoms with Crippen LogP contribution in [0.3, 0.4) is 0 Å². The van der Waals surface area contributed by atoms with Crippen LogP contribution in [0.15, 0.2) is 24.3 Å². The molecule has 0 bridgehead atoms. The largest absolute Gasteiger partial charge is 0.378 e. The van der Waals surface area contributed by atoms with Gasteiger partial charge in [-0.05, 0) is 56.0 Å². The number of likely N-dealkylation sites (tertiary alicyclic amines) is 1. The number of nitrogens with zero attached hydrogens (tertiary/aromatic N) is 2. The summed E-state index contributed by atoms with van der Waals surface area (Å²) in [6.07, 6.45) is 3.95. The zero-order valence-electron chi connectivity index (χ0n) is 13.2. The molecule has 112 valence electrons. The molecule has 0 aromatic heterocycles. The molecular formula is C17H29N3. The molecule has 20 heavy (non-hydrogen) atoms. The lowest BCUT2D eigenvalue weighted by Crippen LogP contribution is -2.34. The summed E-state index contributed by atoms with van der Waals surface area (Å²) in [6.45, 7) is 5.43. The summed E-state index contributed by atoms with van der Waals surface area (Å²) in [5.74, 6) is 0.856. The summed E-state index contributed by atoms with van der Waals surface area (Å²) < 4.78 is 0. The summed E-state index contributed by atoms with van der Waals surface area (Å²) in [4.78, 5) is 4.71. The third kappa shape index (κ3) is 3.74. The highest BCUT2D eigenvalue weighted by molar-refractivity contribution is 5.46. The molecule has 3 nitrogen and oxygen atoms in total. The van der Waals surface area contributed by atoms with E-state index in [9.17, 15) is 0 Å². The Kier molecular flexibility index (Phi) is 5.44. The topological polar surface area (TPSA) is 32.5 Å². The van der Waals surface area contributed by atoms with Crippen molar-refractivity contribution in [3.63, 3.8) is 0 Å². The molecule has 1 aromatic carbocycles. The zero-order valence-corrected chi connectivity index (χ0v) is 13.2. The zero-order chi connectivity index (χ0) is 14.5. The van der Waals surface area contributed by atoms with Gasteiger partial charge in [0, 0.05) is 32.4 Å². The van der Waals surface area contributed by atoms with Crippen molar-refractivity contribution >= 4 is 5.69 Å². The Morgan fingerprint density at radius 3 is 2.50 bits per heavy atom. The maximum atomic E-state index is 6.07. The van der Waals surface area contributed by atoms with Crippen LogP contribution in [0.4, 0.5) is 5.69 Å². The lowest BCUT2D eigenvalue weighted by molar-refractivity contribution is 0.207. The highest BCUT2D eigenvalue weighted by Gasteiger charge is 2.22. The van der Waals surface area contributed by atoms with E-state index in [4.69, 9.17) is 5.73 Å². The fraction of sp³-hybridized carbons (Fsp3) is 0.647. The van der Waals surface area contributed by atoms with Gasteiger partial charge in [-0.3, -0.25) is 4.90 Å². The predicted molar refractivity (Wildman–Crippen MR) is 87.2 cm³/mol. The third-order valence-electron chi connectivity index (χ3n) is 4.51. The number of benzene rings is 1. The fourth-order valence-electron chi connectivity index (χ4n) is 3.09. The highest BCUT2D eigenvalue weighted by Crippen LogP contribution is 2.26. The highest BCUT2D eigenvalue weighted by atomic mass is 15.2. The average Bonchev–Trinajstić information content (AvgIpc) is 2.65. The van der Waals surface area contributed by atoms with Crippen LogP contribution < -0.4 is 10.6 Å². The summed E-state index contributed by atoms with van der Waals surface area (Å²) in [6, 6.07) is 9.23. The third-order valence-corrected chi connectivity index (χ3v) is 4.51. The number of rotatable bonds is 4. The molecule has 1 aliphatic heterocycles. The molecule has 0 radical (unpaired) electrons. The Morgan fingerprint density at radius 1 is 1.20 bits per heavy atom. The van der Waals surface area contributed by atoms with Crippen LogP contribution in [0.5, 0.6) is 0 Å². The van der Waals surface area contributed by atoms with E-state index in [0.29, 0.717) is 12.6 Å². The van der Waals surface area contributed by atoms with Crippen LogP contribution in [0.2, 0.25) is 0 Å². The Labute approximate surface area is 123 Å². The number of nitrogens with two attached hydrogens (primary N) is 1. The van der Waals surface area contributed by atoms with Crippen LogP contribution in [0.1, 0.15) is 37.8 Å². The summed E-state index contributed by atoms with van der Waals surface area (Å²) in [5.41, 5.74) is 8.67. The van der Waals surface area contributed by atoms with Gasteiger partial charge >= 0.3 is 0 Å². The van der Waals surface area contributed by atoms with Gasteiger partial charge in [0.2, 0.25) is 0 Å². The first-order valence-electron chi connectivity index (χ1n) is 7.83. The molecule has 1 saturated heterocycles. The van der Waals surface area contributed by atoms with Gasteiger partial charge in [0.1, 0.15) is 0 Å². The van der Waals surface area contributed by atoms with E-state index in [2.05, 4.69) is 55.1 Å². The molecule has 1 aromatic rings. The van der Waals surface area contributed by atoms with Gasteiger partial charge in [-0.2, -0.15) is 0 Å². The molecule has 2 N–H and O–H groups in total. The molecule has 0 aliphatic carbocycles. The first-order valence-corrected chi connectivity index (χ1v) is 7.83. The maximum absolute atomic E-state index is 6.07. The van der Waals surface area contributed by atoms with E-state index in [1.165, 1.54) is 43.6 Å².